The molecule has 0 aromatic rings. The van der Waals surface area contributed by atoms with Gasteiger partial charge in [-0.3, -0.25) is 0 Å². The summed E-state index contributed by atoms with van der Waals surface area (Å²) in [4.78, 5) is 0. The van der Waals surface area contributed by atoms with Crippen LogP contribution in [0.5, 0.6) is 0 Å². The molecule has 1 saturated carbocycles. The van der Waals surface area contributed by atoms with E-state index < -0.39 is 0 Å². The fourth-order valence-corrected chi connectivity index (χ4v) is 3.16. The molecule has 1 N–H and O–H groups in total. The normalized spacial score (nSPS) is 20.8. The summed E-state index contributed by atoms with van der Waals surface area (Å²) in [6.45, 7) is 3.78. The van der Waals surface area contributed by atoms with E-state index in [1.165, 1.54) is 32.1 Å². The lowest BCUT2D eigenvalue weighted by atomic mass is 9.81. The zero-order valence-electron chi connectivity index (χ0n) is 12.4. The number of likely N-dealkylation sites (N-methyl/N-ethyl adjacent to an activating group) is 1. The Hall–Kier alpha value is -0.120. The Bertz CT molecular complexity index is 193. The van der Waals surface area contributed by atoms with Gasteiger partial charge in [-0.05, 0) is 45.6 Å². The zero-order chi connectivity index (χ0) is 13.2. The van der Waals surface area contributed by atoms with E-state index in [9.17, 15) is 0 Å². The van der Waals surface area contributed by atoms with Crippen LogP contribution in [0.3, 0.4) is 0 Å². The van der Waals surface area contributed by atoms with Gasteiger partial charge in [0.25, 0.3) is 0 Å². The van der Waals surface area contributed by atoms with E-state index >= 15 is 0 Å². The quantitative estimate of drug-likeness (QED) is 0.644. The van der Waals surface area contributed by atoms with Crippen LogP contribution in [-0.4, -0.2) is 39.5 Å². The highest BCUT2D eigenvalue weighted by Crippen LogP contribution is 2.30. The Balaban J connectivity index is 2.49. The summed E-state index contributed by atoms with van der Waals surface area (Å²) in [5, 5.41) is 3.46. The number of hydrogen-bond acceptors (Lipinski definition) is 3. The number of rotatable bonds is 9. The first-order chi connectivity index (χ1) is 8.83. The van der Waals surface area contributed by atoms with Crippen molar-refractivity contribution in [2.75, 3.05) is 27.4 Å². The van der Waals surface area contributed by atoms with E-state index in [2.05, 4.69) is 19.3 Å². The van der Waals surface area contributed by atoms with Crippen LogP contribution in [0.4, 0.5) is 0 Å². The molecule has 108 valence electrons. The molecule has 0 aromatic carbocycles. The van der Waals surface area contributed by atoms with Gasteiger partial charge in [-0.25, -0.2) is 0 Å². The molecule has 0 heterocycles. The van der Waals surface area contributed by atoms with E-state index in [1.807, 2.05) is 0 Å². The van der Waals surface area contributed by atoms with Gasteiger partial charge >= 0.3 is 0 Å². The van der Waals surface area contributed by atoms with Crippen molar-refractivity contribution in [3.05, 3.63) is 0 Å². The Morgan fingerprint density at radius 3 is 2.50 bits per heavy atom. The molecule has 0 radical (unpaired) electrons. The van der Waals surface area contributed by atoms with E-state index in [0.29, 0.717) is 12.1 Å². The van der Waals surface area contributed by atoms with Crippen molar-refractivity contribution >= 4 is 0 Å². The maximum absolute atomic E-state index is 6.06. The monoisotopic (exact) mass is 257 g/mol. The molecule has 0 aromatic heterocycles. The first-order valence-electron chi connectivity index (χ1n) is 7.61. The van der Waals surface area contributed by atoms with E-state index in [-0.39, 0.29) is 0 Å². The highest BCUT2D eigenvalue weighted by Gasteiger charge is 2.29. The van der Waals surface area contributed by atoms with Crippen molar-refractivity contribution in [1.82, 2.24) is 5.32 Å². The number of hydrogen-bond donors (Lipinski definition) is 1. The Labute approximate surface area is 113 Å². The third-order valence-corrected chi connectivity index (χ3v) is 4.10. The minimum Gasteiger partial charge on any atom is -0.385 e. The molecule has 0 bridgehead atoms. The van der Waals surface area contributed by atoms with Crippen LogP contribution in [0.1, 0.15) is 51.9 Å². The Kier molecular flexibility index (Phi) is 8.64. The van der Waals surface area contributed by atoms with E-state index in [1.54, 1.807) is 7.11 Å². The van der Waals surface area contributed by atoms with Crippen LogP contribution in [0.15, 0.2) is 0 Å². The van der Waals surface area contributed by atoms with Crippen LogP contribution in [-0.2, 0) is 9.47 Å². The van der Waals surface area contributed by atoms with Crippen LogP contribution >= 0.6 is 0 Å². The van der Waals surface area contributed by atoms with Gasteiger partial charge in [0.05, 0.1) is 6.10 Å². The van der Waals surface area contributed by atoms with E-state index in [0.717, 1.165) is 32.0 Å². The SMILES string of the molecule is CCOC(C1CCCCC1)C(CCCOC)NC. The summed E-state index contributed by atoms with van der Waals surface area (Å²) in [5.41, 5.74) is 0. The maximum Gasteiger partial charge on any atom is 0.0755 e. The summed E-state index contributed by atoms with van der Waals surface area (Å²) >= 11 is 0. The van der Waals surface area contributed by atoms with Gasteiger partial charge in [0.2, 0.25) is 0 Å². The molecule has 1 rings (SSSR count). The predicted octanol–water partition coefficient (Wildman–Crippen LogP) is 2.99. The highest BCUT2D eigenvalue weighted by molar-refractivity contribution is 4.84. The Morgan fingerprint density at radius 2 is 1.94 bits per heavy atom. The first-order valence-corrected chi connectivity index (χ1v) is 7.61. The van der Waals surface area contributed by atoms with Crippen molar-refractivity contribution in [1.29, 1.82) is 0 Å². The van der Waals surface area contributed by atoms with Crippen LogP contribution in [0, 0.1) is 5.92 Å². The molecule has 1 aliphatic carbocycles. The molecule has 2 unspecified atom stereocenters. The maximum atomic E-state index is 6.06. The molecular weight excluding hydrogens is 226 g/mol. The lowest BCUT2D eigenvalue weighted by Gasteiger charge is -2.35. The average Bonchev–Trinajstić information content (AvgIpc) is 2.43. The molecule has 1 aliphatic rings. The third-order valence-electron chi connectivity index (χ3n) is 4.10. The second kappa shape index (κ2) is 9.76. The topological polar surface area (TPSA) is 30.5 Å². The fourth-order valence-electron chi connectivity index (χ4n) is 3.16. The summed E-state index contributed by atoms with van der Waals surface area (Å²) in [6.07, 6.45) is 9.48. The molecule has 0 aliphatic heterocycles. The molecule has 0 amide bonds. The van der Waals surface area contributed by atoms with Gasteiger partial charge in [-0.15, -0.1) is 0 Å². The van der Waals surface area contributed by atoms with Gasteiger partial charge in [0.1, 0.15) is 0 Å². The molecule has 18 heavy (non-hydrogen) atoms. The van der Waals surface area contributed by atoms with Crippen LogP contribution < -0.4 is 5.32 Å². The highest BCUT2D eigenvalue weighted by atomic mass is 16.5. The lowest BCUT2D eigenvalue weighted by Crippen LogP contribution is -2.44. The fraction of sp³-hybridized carbons (Fsp3) is 1.00. The summed E-state index contributed by atoms with van der Waals surface area (Å²) in [6, 6.07) is 0.475. The minimum absolute atomic E-state index is 0.386. The number of methoxy groups -OCH3 is 1. The molecular formula is C15H31NO2. The van der Waals surface area contributed by atoms with Crippen LogP contribution in [0.25, 0.3) is 0 Å². The van der Waals surface area contributed by atoms with Gasteiger partial charge < -0.3 is 14.8 Å². The lowest BCUT2D eigenvalue weighted by molar-refractivity contribution is -0.0192. The molecule has 2 atom stereocenters. The zero-order valence-corrected chi connectivity index (χ0v) is 12.4. The second-order valence-electron chi connectivity index (χ2n) is 5.35. The van der Waals surface area contributed by atoms with Crippen molar-refractivity contribution in [2.24, 2.45) is 5.92 Å². The van der Waals surface area contributed by atoms with Crippen molar-refractivity contribution in [3.8, 4) is 0 Å². The third kappa shape index (κ3) is 5.25. The minimum atomic E-state index is 0.386. The molecule has 1 fully saturated rings. The average molecular weight is 257 g/mol. The first kappa shape index (κ1) is 15.9. The molecule has 0 saturated heterocycles. The largest absolute Gasteiger partial charge is 0.385 e. The molecule has 3 heteroatoms. The summed E-state index contributed by atoms with van der Waals surface area (Å²) in [5.74, 6) is 0.749. The Morgan fingerprint density at radius 1 is 1.22 bits per heavy atom. The van der Waals surface area contributed by atoms with Gasteiger partial charge in [0.15, 0.2) is 0 Å². The van der Waals surface area contributed by atoms with Crippen LogP contribution in [0.2, 0.25) is 0 Å². The van der Waals surface area contributed by atoms with Crippen molar-refractivity contribution < 1.29 is 9.47 Å². The van der Waals surface area contributed by atoms with Gasteiger partial charge in [-0.1, -0.05) is 19.3 Å². The molecule has 3 nitrogen and oxygen atoms in total. The predicted molar refractivity (Wildman–Crippen MR) is 75.9 cm³/mol. The number of ether oxygens (including phenoxy) is 2. The number of nitrogens with one attached hydrogen (secondary N) is 1. The molecule has 0 spiro atoms. The van der Waals surface area contributed by atoms with Gasteiger partial charge in [-0.2, -0.15) is 0 Å². The summed E-state index contributed by atoms with van der Waals surface area (Å²) < 4.78 is 11.2. The van der Waals surface area contributed by atoms with Crippen molar-refractivity contribution in [2.45, 2.75) is 64.0 Å². The smallest absolute Gasteiger partial charge is 0.0755 e. The summed E-state index contributed by atoms with van der Waals surface area (Å²) in [7, 11) is 3.84. The standard InChI is InChI=1S/C15H31NO2/c1-4-18-15(13-9-6-5-7-10-13)14(16-2)11-8-12-17-3/h13-16H,4-12H2,1-3H3. The van der Waals surface area contributed by atoms with Gasteiger partial charge in [0, 0.05) is 26.4 Å². The second-order valence-corrected chi connectivity index (χ2v) is 5.35. The van der Waals surface area contributed by atoms with E-state index in [4.69, 9.17) is 9.47 Å². The van der Waals surface area contributed by atoms with Crippen molar-refractivity contribution in [3.63, 3.8) is 0 Å².